The van der Waals surface area contributed by atoms with Crippen LogP contribution in [0.4, 0.5) is 5.82 Å². The Kier molecular flexibility index (Phi) is 5.92. The summed E-state index contributed by atoms with van der Waals surface area (Å²) >= 11 is 19.7. The molecule has 4 rings (SSSR count). The summed E-state index contributed by atoms with van der Waals surface area (Å²) in [5.41, 5.74) is 0.841. The number of ether oxygens (including phenoxy) is 1. The molecule has 0 fully saturated rings. The van der Waals surface area contributed by atoms with Crippen LogP contribution in [0.1, 0.15) is 15.2 Å². The lowest BCUT2D eigenvalue weighted by Gasteiger charge is -2.11. The first-order chi connectivity index (χ1) is 14.0. The fourth-order valence-electron chi connectivity index (χ4n) is 2.72. The molecule has 2 aromatic carbocycles. The third-order valence-electron chi connectivity index (χ3n) is 4.12. The van der Waals surface area contributed by atoms with E-state index in [0.717, 1.165) is 15.6 Å². The lowest BCUT2D eigenvalue weighted by molar-refractivity contribution is 0.102. The number of aromatic nitrogens is 1. The number of hydrogen-bond donors (Lipinski definition) is 1. The van der Waals surface area contributed by atoms with Gasteiger partial charge in [-0.25, -0.2) is 4.98 Å². The number of benzene rings is 2. The van der Waals surface area contributed by atoms with E-state index in [1.165, 1.54) is 11.3 Å². The third-order valence-corrected chi connectivity index (χ3v) is 6.54. The highest BCUT2D eigenvalue weighted by atomic mass is 35.5. The molecule has 0 unspecified atom stereocenters. The van der Waals surface area contributed by atoms with Gasteiger partial charge in [-0.05, 0) is 35.9 Å². The molecule has 0 aliphatic carbocycles. The van der Waals surface area contributed by atoms with E-state index in [1.807, 2.05) is 30.3 Å². The topological polar surface area (TPSA) is 51.2 Å². The van der Waals surface area contributed by atoms with Gasteiger partial charge in [-0.15, -0.1) is 11.3 Å². The van der Waals surface area contributed by atoms with E-state index in [-0.39, 0.29) is 12.5 Å². The molecule has 0 saturated heterocycles. The van der Waals surface area contributed by atoms with Crippen LogP contribution in [0.5, 0.6) is 5.75 Å². The van der Waals surface area contributed by atoms with Crippen molar-refractivity contribution in [3.63, 3.8) is 0 Å². The maximum Gasteiger partial charge on any atom is 0.268 e. The van der Waals surface area contributed by atoms with E-state index >= 15 is 0 Å². The molecule has 0 aliphatic heterocycles. The van der Waals surface area contributed by atoms with Crippen molar-refractivity contribution in [1.29, 1.82) is 0 Å². The predicted molar refractivity (Wildman–Crippen MR) is 120 cm³/mol. The van der Waals surface area contributed by atoms with Gasteiger partial charge in [0.1, 0.15) is 11.5 Å². The third kappa shape index (κ3) is 4.33. The van der Waals surface area contributed by atoms with E-state index in [0.29, 0.717) is 31.5 Å². The number of carbonyl (C=O) groups excluding carboxylic acids is 1. The molecule has 0 bridgehead atoms. The summed E-state index contributed by atoms with van der Waals surface area (Å²) in [5, 5.41) is 4.99. The molecule has 29 heavy (non-hydrogen) atoms. The van der Waals surface area contributed by atoms with E-state index in [1.54, 1.807) is 30.5 Å². The number of nitrogens with zero attached hydrogens (tertiary/aromatic N) is 1. The molecule has 1 amide bonds. The van der Waals surface area contributed by atoms with E-state index in [4.69, 9.17) is 39.5 Å². The van der Waals surface area contributed by atoms with Gasteiger partial charge in [0, 0.05) is 16.3 Å². The van der Waals surface area contributed by atoms with Crippen LogP contribution in [0, 0.1) is 0 Å². The average molecular weight is 464 g/mol. The van der Waals surface area contributed by atoms with Crippen molar-refractivity contribution >= 4 is 68.0 Å². The van der Waals surface area contributed by atoms with Gasteiger partial charge in [0.15, 0.2) is 11.6 Å². The summed E-state index contributed by atoms with van der Waals surface area (Å²) < 4.78 is 6.78. The summed E-state index contributed by atoms with van der Waals surface area (Å²) in [6.07, 6.45) is 1.58. The van der Waals surface area contributed by atoms with Gasteiger partial charge < -0.3 is 10.1 Å². The number of hydrogen-bond acceptors (Lipinski definition) is 4. The molecule has 8 heteroatoms. The second-order valence-corrected chi connectivity index (χ2v) is 8.33. The first-order valence-electron chi connectivity index (χ1n) is 8.53. The molecule has 2 aromatic heterocycles. The van der Waals surface area contributed by atoms with Gasteiger partial charge in [0.05, 0.1) is 15.1 Å². The summed E-state index contributed by atoms with van der Waals surface area (Å²) in [5.74, 6) is 0.407. The van der Waals surface area contributed by atoms with Crippen LogP contribution in [0.25, 0.3) is 10.1 Å². The number of rotatable bonds is 5. The highest BCUT2D eigenvalue weighted by Gasteiger charge is 2.19. The fraction of sp³-hybridized carbons (Fsp3) is 0.0476. The molecule has 0 aliphatic rings. The molecule has 4 aromatic rings. The first-order valence-corrected chi connectivity index (χ1v) is 10.5. The zero-order valence-electron chi connectivity index (χ0n) is 14.8. The summed E-state index contributed by atoms with van der Waals surface area (Å²) in [6.45, 7) is 0.245. The summed E-state index contributed by atoms with van der Waals surface area (Å²) in [6, 6.07) is 16.3. The Morgan fingerprint density at radius 1 is 1.03 bits per heavy atom. The number of amides is 1. The molecule has 1 N–H and O–H groups in total. The highest BCUT2D eigenvalue weighted by molar-refractivity contribution is 7.21. The van der Waals surface area contributed by atoms with Crippen molar-refractivity contribution in [3.05, 3.63) is 86.3 Å². The number of fused-ring (bicyclic) bond motifs is 1. The van der Waals surface area contributed by atoms with Gasteiger partial charge in [-0.1, -0.05) is 59.1 Å². The minimum absolute atomic E-state index is 0.245. The van der Waals surface area contributed by atoms with Crippen molar-refractivity contribution in [2.45, 2.75) is 6.61 Å². The van der Waals surface area contributed by atoms with Gasteiger partial charge >= 0.3 is 0 Å². The van der Waals surface area contributed by atoms with Gasteiger partial charge in [0.25, 0.3) is 5.91 Å². The minimum Gasteiger partial charge on any atom is -0.485 e. The molecule has 0 saturated carbocycles. The maximum absolute atomic E-state index is 12.8. The Bertz CT molecular complexity index is 1210. The van der Waals surface area contributed by atoms with Crippen molar-refractivity contribution in [1.82, 2.24) is 4.98 Å². The summed E-state index contributed by atoms with van der Waals surface area (Å²) in [4.78, 5) is 17.5. The van der Waals surface area contributed by atoms with Crippen LogP contribution in [0.2, 0.25) is 15.1 Å². The predicted octanol–water partition coefficient (Wildman–Crippen LogP) is 7.09. The van der Waals surface area contributed by atoms with Crippen LogP contribution < -0.4 is 10.1 Å². The average Bonchev–Trinajstić information content (AvgIpc) is 3.07. The van der Waals surface area contributed by atoms with E-state index < -0.39 is 0 Å². The first kappa shape index (κ1) is 20.0. The zero-order chi connectivity index (χ0) is 20.4. The van der Waals surface area contributed by atoms with Gasteiger partial charge in [0.2, 0.25) is 0 Å². The second-order valence-electron chi connectivity index (χ2n) is 6.08. The van der Waals surface area contributed by atoms with Crippen LogP contribution >= 0.6 is 46.1 Å². The van der Waals surface area contributed by atoms with Crippen molar-refractivity contribution in [3.8, 4) is 5.75 Å². The smallest absolute Gasteiger partial charge is 0.268 e. The zero-order valence-corrected chi connectivity index (χ0v) is 17.9. The van der Waals surface area contributed by atoms with E-state index in [9.17, 15) is 4.79 Å². The van der Waals surface area contributed by atoms with Gasteiger partial charge in [-0.3, -0.25) is 4.79 Å². The molecular weight excluding hydrogens is 451 g/mol. The van der Waals surface area contributed by atoms with Crippen molar-refractivity contribution < 1.29 is 9.53 Å². The monoisotopic (exact) mass is 462 g/mol. The summed E-state index contributed by atoms with van der Waals surface area (Å²) in [7, 11) is 0. The second kappa shape index (κ2) is 8.59. The highest BCUT2D eigenvalue weighted by Crippen LogP contribution is 2.36. The number of nitrogens with one attached hydrogen (secondary N) is 1. The van der Waals surface area contributed by atoms with Crippen LogP contribution in [-0.2, 0) is 6.61 Å². The maximum atomic E-state index is 12.8. The van der Waals surface area contributed by atoms with Crippen molar-refractivity contribution in [2.24, 2.45) is 0 Å². The Morgan fingerprint density at radius 2 is 1.86 bits per heavy atom. The number of halogens is 3. The number of pyridine rings is 1. The number of carbonyl (C=O) groups is 1. The standard InChI is InChI=1S/C21H13Cl3N2O2S/c22-14-8-7-12(10-15(14)23)11-28-16-5-3-9-25-20(16)26-21(27)19-18(24)13-4-1-2-6-17(13)29-19/h1-10H,11H2,(H,25,26,27). The Labute approximate surface area is 186 Å². The van der Waals surface area contributed by atoms with Gasteiger partial charge in [-0.2, -0.15) is 0 Å². The SMILES string of the molecule is O=C(Nc1ncccc1OCc1ccc(Cl)c(Cl)c1)c1sc2ccccc2c1Cl. The fourth-order valence-corrected chi connectivity index (χ4v) is 4.45. The Hall–Kier alpha value is -2.31. The van der Waals surface area contributed by atoms with Crippen LogP contribution in [0.15, 0.2) is 60.8 Å². The molecule has 0 spiro atoms. The molecule has 0 atom stereocenters. The quantitative estimate of drug-likeness (QED) is 0.344. The van der Waals surface area contributed by atoms with E-state index in [2.05, 4.69) is 10.3 Å². The van der Waals surface area contributed by atoms with Crippen LogP contribution in [-0.4, -0.2) is 10.9 Å². The largest absolute Gasteiger partial charge is 0.485 e. The molecule has 146 valence electrons. The van der Waals surface area contributed by atoms with Crippen LogP contribution in [0.3, 0.4) is 0 Å². The molecular formula is C21H13Cl3N2O2S. The van der Waals surface area contributed by atoms with Crippen molar-refractivity contribution in [2.75, 3.05) is 5.32 Å². The Balaban J connectivity index is 1.53. The molecule has 2 heterocycles. The lowest BCUT2D eigenvalue weighted by Crippen LogP contribution is -2.13. The normalized spacial score (nSPS) is 10.9. The molecule has 0 radical (unpaired) electrons. The number of anilines is 1. The Morgan fingerprint density at radius 3 is 2.66 bits per heavy atom. The minimum atomic E-state index is -0.339. The molecule has 4 nitrogen and oxygen atoms in total. The number of thiophene rings is 1. The lowest BCUT2D eigenvalue weighted by atomic mass is 10.2.